The van der Waals surface area contributed by atoms with Crippen molar-refractivity contribution in [3.05, 3.63) is 52.2 Å². The molecule has 4 rings (SSSR count). The number of fused-ring (bicyclic) bond motifs is 1. The van der Waals surface area contributed by atoms with Gasteiger partial charge in [0.25, 0.3) is 0 Å². The van der Waals surface area contributed by atoms with E-state index in [9.17, 15) is 22.8 Å². The Morgan fingerprint density at radius 2 is 1.91 bits per heavy atom. The lowest BCUT2D eigenvalue weighted by molar-refractivity contribution is -0.137. The second-order valence-corrected chi connectivity index (χ2v) is 8.58. The average molecular weight is 482 g/mol. The third kappa shape index (κ3) is 4.64. The molecule has 1 amide bonds. The van der Waals surface area contributed by atoms with Gasteiger partial charge in [0.2, 0.25) is 5.91 Å². The maximum atomic E-state index is 13.4. The first-order valence-electron chi connectivity index (χ1n) is 10.7. The van der Waals surface area contributed by atoms with E-state index in [1.165, 1.54) is 7.11 Å². The topological polar surface area (TPSA) is 62.7 Å². The van der Waals surface area contributed by atoms with Crippen molar-refractivity contribution < 1.29 is 27.5 Å². The van der Waals surface area contributed by atoms with Crippen LogP contribution in [0.1, 0.15) is 40.7 Å². The van der Waals surface area contributed by atoms with Crippen LogP contribution in [0.4, 0.5) is 24.7 Å². The number of hydrogen-bond acceptors (Lipinski definition) is 5. The van der Waals surface area contributed by atoms with Crippen molar-refractivity contribution >= 4 is 35.0 Å². The number of carbonyl (C=O) groups excluding carboxylic acids is 2. The van der Waals surface area contributed by atoms with Gasteiger partial charge in [0.1, 0.15) is 5.82 Å². The molecule has 0 bridgehead atoms. The van der Waals surface area contributed by atoms with Crippen molar-refractivity contribution in [3.8, 4) is 0 Å². The highest BCUT2D eigenvalue weighted by Crippen LogP contribution is 2.36. The fourth-order valence-electron chi connectivity index (χ4n) is 4.53. The first kappa shape index (κ1) is 23.4. The van der Waals surface area contributed by atoms with Crippen LogP contribution in [-0.2, 0) is 22.1 Å². The van der Waals surface area contributed by atoms with Crippen molar-refractivity contribution in [2.75, 3.05) is 36.5 Å². The minimum absolute atomic E-state index is 0.0101. The van der Waals surface area contributed by atoms with E-state index in [2.05, 4.69) is 4.98 Å². The summed E-state index contributed by atoms with van der Waals surface area (Å²) in [6.45, 7) is 1.48. The monoisotopic (exact) mass is 481 g/mol. The molecule has 0 spiro atoms. The van der Waals surface area contributed by atoms with E-state index in [1.807, 2.05) is 11.0 Å². The van der Waals surface area contributed by atoms with Gasteiger partial charge >= 0.3 is 12.1 Å². The molecular formula is C23H23ClF3N3O3. The van der Waals surface area contributed by atoms with Crippen molar-refractivity contribution in [2.45, 2.75) is 31.9 Å². The molecule has 6 nitrogen and oxygen atoms in total. The first-order valence-corrected chi connectivity index (χ1v) is 11.1. The molecule has 176 valence electrons. The number of pyridine rings is 1. The highest BCUT2D eigenvalue weighted by atomic mass is 35.5. The van der Waals surface area contributed by atoms with Gasteiger partial charge in [-0.2, -0.15) is 13.2 Å². The van der Waals surface area contributed by atoms with Crippen LogP contribution in [0.3, 0.4) is 0 Å². The second kappa shape index (κ2) is 9.21. The Kier molecular flexibility index (Phi) is 6.52. The molecule has 1 aromatic heterocycles. The van der Waals surface area contributed by atoms with Gasteiger partial charge in [-0.25, -0.2) is 9.78 Å². The fourth-order valence-corrected chi connectivity index (χ4v) is 4.82. The number of hydrogen-bond donors (Lipinski definition) is 0. The number of halogens is 4. The van der Waals surface area contributed by atoms with E-state index >= 15 is 0 Å². The van der Waals surface area contributed by atoms with Gasteiger partial charge in [0.05, 0.1) is 23.3 Å². The molecule has 0 radical (unpaired) electrons. The number of anilines is 2. The Labute approximate surface area is 194 Å². The summed E-state index contributed by atoms with van der Waals surface area (Å²) in [5.74, 6) is -0.372. The maximum Gasteiger partial charge on any atom is 0.417 e. The third-order valence-electron chi connectivity index (χ3n) is 6.21. The molecule has 0 N–H and O–H groups in total. The van der Waals surface area contributed by atoms with Gasteiger partial charge in [0.15, 0.2) is 0 Å². The van der Waals surface area contributed by atoms with Crippen LogP contribution in [0, 0.1) is 5.92 Å². The molecule has 2 aromatic rings. The van der Waals surface area contributed by atoms with E-state index < -0.39 is 17.7 Å². The molecule has 33 heavy (non-hydrogen) atoms. The van der Waals surface area contributed by atoms with Gasteiger partial charge < -0.3 is 14.5 Å². The molecule has 10 heteroatoms. The summed E-state index contributed by atoms with van der Waals surface area (Å²) in [6, 6.07) is 6.18. The van der Waals surface area contributed by atoms with E-state index in [-0.39, 0.29) is 16.8 Å². The zero-order chi connectivity index (χ0) is 23.8. The number of nitrogens with zero attached hydrogens (tertiary/aromatic N) is 3. The number of aromatic nitrogens is 1. The summed E-state index contributed by atoms with van der Waals surface area (Å²) in [5.41, 5.74) is 1.15. The van der Waals surface area contributed by atoms with E-state index in [0.29, 0.717) is 50.3 Å². The Morgan fingerprint density at radius 1 is 1.18 bits per heavy atom. The molecule has 2 aliphatic rings. The molecule has 1 fully saturated rings. The molecule has 1 saturated heterocycles. The van der Waals surface area contributed by atoms with Crippen LogP contribution in [0.25, 0.3) is 0 Å². The van der Waals surface area contributed by atoms with Gasteiger partial charge in [-0.15, -0.1) is 0 Å². The molecule has 3 heterocycles. The van der Waals surface area contributed by atoms with Gasteiger partial charge in [-0.1, -0.05) is 17.7 Å². The van der Waals surface area contributed by atoms with Crippen LogP contribution < -0.4 is 9.80 Å². The lowest BCUT2D eigenvalue weighted by atomic mass is 9.91. The van der Waals surface area contributed by atoms with Gasteiger partial charge in [0, 0.05) is 37.4 Å². The third-order valence-corrected chi connectivity index (χ3v) is 6.49. The predicted octanol–water partition coefficient (Wildman–Crippen LogP) is 4.74. The number of amides is 1. The number of carbonyl (C=O) groups is 2. The summed E-state index contributed by atoms with van der Waals surface area (Å²) in [4.78, 5) is 33.0. The van der Waals surface area contributed by atoms with Gasteiger partial charge in [-0.3, -0.25) is 4.79 Å². The fraction of sp³-hybridized carbons (Fsp3) is 0.435. The standard InChI is InChI=1S/C23H23ClF3N3O3/c1-33-22(32)17-4-2-6-19-16(17)5-3-9-30(19)21(31)14-7-10-29(11-8-14)20-18(24)12-15(13-28-20)23(25,26)27/h2,4,6,12-14H,3,5,7-11H2,1H3. The minimum Gasteiger partial charge on any atom is -0.465 e. The van der Waals surface area contributed by atoms with Crippen LogP contribution >= 0.6 is 11.6 Å². The minimum atomic E-state index is -4.51. The van der Waals surface area contributed by atoms with Crippen LogP contribution in [0.2, 0.25) is 5.02 Å². The molecule has 0 aliphatic carbocycles. The summed E-state index contributed by atoms with van der Waals surface area (Å²) in [6.07, 6.45) is -1.23. The first-order chi connectivity index (χ1) is 15.7. The van der Waals surface area contributed by atoms with Crippen LogP contribution in [-0.4, -0.2) is 43.6 Å². The number of esters is 1. The van der Waals surface area contributed by atoms with Crippen molar-refractivity contribution in [1.82, 2.24) is 4.98 Å². The second-order valence-electron chi connectivity index (χ2n) is 8.18. The van der Waals surface area contributed by atoms with Crippen molar-refractivity contribution in [1.29, 1.82) is 0 Å². The normalized spacial score (nSPS) is 17.0. The summed E-state index contributed by atoms with van der Waals surface area (Å²) in [7, 11) is 1.33. The summed E-state index contributed by atoms with van der Waals surface area (Å²) in [5, 5.41) is -0.0603. The van der Waals surface area contributed by atoms with E-state index in [1.54, 1.807) is 17.0 Å². The quantitative estimate of drug-likeness (QED) is 0.593. The Bertz CT molecular complexity index is 1070. The van der Waals surface area contributed by atoms with Crippen LogP contribution in [0.5, 0.6) is 0 Å². The highest BCUT2D eigenvalue weighted by Gasteiger charge is 2.35. The molecule has 2 aliphatic heterocycles. The molecular weight excluding hydrogens is 459 g/mol. The zero-order valence-electron chi connectivity index (χ0n) is 18.0. The van der Waals surface area contributed by atoms with Gasteiger partial charge in [-0.05, 0) is 49.4 Å². The Morgan fingerprint density at radius 3 is 2.55 bits per heavy atom. The smallest absolute Gasteiger partial charge is 0.417 e. The Hall–Kier alpha value is -2.81. The highest BCUT2D eigenvalue weighted by molar-refractivity contribution is 6.33. The average Bonchev–Trinajstić information content (AvgIpc) is 2.82. The number of benzene rings is 1. The molecule has 0 saturated carbocycles. The lowest BCUT2D eigenvalue weighted by Gasteiger charge is -2.37. The largest absolute Gasteiger partial charge is 0.465 e. The van der Waals surface area contributed by atoms with Crippen molar-refractivity contribution in [2.24, 2.45) is 5.92 Å². The predicted molar refractivity (Wildman–Crippen MR) is 118 cm³/mol. The van der Waals surface area contributed by atoms with Crippen molar-refractivity contribution in [3.63, 3.8) is 0 Å². The maximum absolute atomic E-state index is 13.4. The number of methoxy groups -OCH3 is 1. The number of ether oxygens (including phenoxy) is 1. The SMILES string of the molecule is COC(=O)c1cccc2c1CCCN2C(=O)C1CCN(c2ncc(C(F)(F)F)cc2Cl)CC1. The van der Waals surface area contributed by atoms with Crippen LogP contribution in [0.15, 0.2) is 30.5 Å². The number of piperidine rings is 1. The molecule has 0 atom stereocenters. The zero-order valence-corrected chi connectivity index (χ0v) is 18.7. The summed E-state index contributed by atoms with van der Waals surface area (Å²) < 4.78 is 43.5. The molecule has 0 unspecified atom stereocenters. The van der Waals surface area contributed by atoms with E-state index in [4.69, 9.17) is 16.3 Å². The summed E-state index contributed by atoms with van der Waals surface area (Å²) >= 11 is 6.08. The number of alkyl halides is 3. The Balaban J connectivity index is 1.47. The molecule has 1 aromatic carbocycles. The number of rotatable bonds is 3. The lowest BCUT2D eigenvalue weighted by Crippen LogP contribution is -2.45. The van der Waals surface area contributed by atoms with E-state index in [0.717, 1.165) is 29.9 Å².